The highest BCUT2D eigenvalue weighted by atomic mass is 35.5. The molecule has 5 heteroatoms. The molecule has 3 rings (SSSR count). The van der Waals surface area contributed by atoms with Gasteiger partial charge in [0.25, 0.3) is 0 Å². The largest absolute Gasteiger partial charge is 0.326 e. The van der Waals surface area contributed by atoms with Gasteiger partial charge in [0.2, 0.25) is 5.91 Å². The lowest BCUT2D eigenvalue weighted by Gasteiger charge is -2.33. The van der Waals surface area contributed by atoms with Crippen molar-refractivity contribution in [1.82, 2.24) is 5.32 Å². The average Bonchev–Trinajstić information content (AvgIpc) is 2.50. The molecule has 0 saturated heterocycles. The molecule has 0 aromatic heterocycles. The zero-order valence-corrected chi connectivity index (χ0v) is 13.9. The second-order valence-corrected chi connectivity index (χ2v) is 7.16. The molecule has 2 N–H and O–H groups in total. The second-order valence-electron chi connectivity index (χ2n) is 6.72. The lowest BCUT2D eigenvalue weighted by atomic mass is 9.79. The summed E-state index contributed by atoms with van der Waals surface area (Å²) in [5.74, 6) is 0.571. The Bertz CT molecular complexity index is 613. The van der Waals surface area contributed by atoms with Crippen LogP contribution in [0.4, 0.5) is 5.69 Å². The van der Waals surface area contributed by atoms with Crippen molar-refractivity contribution >= 4 is 23.2 Å². The third-order valence-electron chi connectivity index (χ3n) is 5.04. The minimum Gasteiger partial charge on any atom is -0.326 e. The van der Waals surface area contributed by atoms with Crippen LogP contribution in [-0.2, 0) is 4.79 Å². The summed E-state index contributed by atoms with van der Waals surface area (Å²) in [6.45, 7) is 0. The Balaban J connectivity index is 1.62. The van der Waals surface area contributed by atoms with Crippen molar-refractivity contribution in [1.29, 1.82) is 5.26 Å². The lowest BCUT2D eigenvalue weighted by Crippen LogP contribution is -2.44. The van der Waals surface area contributed by atoms with Gasteiger partial charge in [-0.2, -0.15) is 5.26 Å². The molecule has 0 spiro atoms. The van der Waals surface area contributed by atoms with E-state index in [1.165, 1.54) is 37.7 Å². The van der Waals surface area contributed by atoms with Crippen LogP contribution in [0, 0.1) is 17.4 Å². The summed E-state index contributed by atoms with van der Waals surface area (Å²) in [4.78, 5) is 12.3. The number of halogens is 1. The molecular formula is C18H22ClN3O. The molecule has 122 valence electrons. The summed E-state index contributed by atoms with van der Waals surface area (Å²) in [6.07, 6.45) is 9.64. The molecular weight excluding hydrogens is 310 g/mol. The van der Waals surface area contributed by atoms with Crippen molar-refractivity contribution in [2.45, 2.75) is 56.9 Å². The predicted octanol–water partition coefficient (Wildman–Crippen LogP) is 4.18. The maximum absolute atomic E-state index is 12.3. The van der Waals surface area contributed by atoms with Crippen LogP contribution in [0.5, 0.6) is 0 Å². The van der Waals surface area contributed by atoms with E-state index < -0.39 is 0 Å². The maximum Gasteiger partial charge on any atom is 0.227 e. The zero-order valence-electron chi connectivity index (χ0n) is 13.1. The second kappa shape index (κ2) is 7.23. The zero-order chi connectivity index (χ0) is 16.2. The van der Waals surface area contributed by atoms with Crippen molar-refractivity contribution < 1.29 is 4.79 Å². The van der Waals surface area contributed by atoms with Crippen molar-refractivity contribution in [2.24, 2.45) is 5.92 Å². The van der Waals surface area contributed by atoms with Gasteiger partial charge in [-0.05, 0) is 55.4 Å². The molecule has 2 fully saturated rings. The Morgan fingerprint density at radius 1 is 1.17 bits per heavy atom. The summed E-state index contributed by atoms with van der Waals surface area (Å²) >= 11 is 6.25. The predicted molar refractivity (Wildman–Crippen MR) is 91.2 cm³/mol. The first-order valence-corrected chi connectivity index (χ1v) is 8.79. The van der Waals surface area contributed by atoms with Crippen LogP contribution in [0.15, 0.2) is 18.2 Å². The van der Waals surface area contributed by atoms with Crippen LogP contribution in [0.3, 0.4) is 0 Å². The van der Waals surface area contributed by atoms with Gasteiger partial charge in [-0.25, -0.2) is 0 Å². The quantitative estimate of drug-likeness (QED) is 0.642. The van der Waals surface area contributed by atoms with Crippen LogP contribution in [0.1, 0.15) is 56.4 Å². The van der Waals surface area contributed by atoms with Crippen molar-refractivity contribution in [3.8, 4) is 6.19 Å². The van der Waals surface area contributed by atoms with Crippen LogP contribution >= 0.6 is 11.6 Å². The number of nitrogens with one attached hydrogen (secondary N) is 2. The van der Waals surface area contributed by atoms with E-state index in [1.807, 2.05) is 18.3 Å². The molecule has 1 aromatic rings. The van der Waals surface area contributed by atoms with Gasteiger partial charge in [-0.15, -0.1) is 0 Å². The summed E-state index contributed by atoms with van der Waals surface area (Å²) in [6, 6.07) is 6.07. The first-order chi connectivity index (χ1) is 11.2. The van der Waals surface area contributed by atoms with E-state index >= 15 is 0 Å². The minimum absolute atomic E-state index is 0.0158. The Kier molecular flexibility index (Phi) is 5.07. The molecule has 0 unspecified atom stereocenters. The van der Waals surface area contributed by atoms with Gasteiger partial charge >= 0.3 is 0 Å². The van der Waals surface area contributed by atoms with Crippen molar-refractivity contribution in [3.63, 3.8) is 0 Å². The van der Waals surface area contributed by atoms with E-state index in [2.05, 4.69) is 16.7 Å². The average molecular weight is 332 g/mol. The number of carbonyl (C=O) groups excluding carboxylic acids is 1. The van der Waals surface area contributed by atoms with Crippen LogP contribution in [-0.4, -0.2) is 11.9 Å². The number of anilines is 1. The highest BCUT2D eigenvalue weighted by Crippen LogP contribution is 2.35. The van der Waals surface area contributed by atoms with E-state index in [0.29, 0.717) is 10.9 Å². The van der Waals surface area contributed by atoms with Crippen molar-refractivity contribution in [3.05, 3.63) is 28.8 Å². The standard InChI is InChI=1S/C18H22ClN3O/c19-15-6-13(12-4-2-1-3-5-12)7-17(10-15)22-18(23)14-8-16(9-14)21-11-20/h6-7,10,12,14,16,21H,1-5,8-9H2,(H,22,23)/t14-,16-. The molecule has 2 aliphatic rings. The number of benzene rings is 1. The smallest absolute Gasteiger partial charge is 0.227 e. The Morgan fingerprint density at radius 3 is 2.61 bits per heavy atom. The summed E-state index contributed by atoms with van der Waals surface area (Å²) in [5.41, 5.74) is 2.03. The molecule has 1 aromatic carbocycles. The van der Waals surface area contributed by atoms with Crippen LogP contribution < -0.4 is 10.6 Å². The molecule has 0 aliphatic heterocycles. The van der Waals surface area contributed by atoms with E-state index in [4.69, 9.17) is 16.9 Å². The fourth-order valence-electron chi connectivity index (χ4n) is 3.64. The number of carbonyl (C=O) groups is 1. The van der Waals surface area contributed by atoms with Crippen LogP contribution in [0.25, 0.3) is 0 Å². The number of nitriles is 1. The molecule has 0 atom stereocenters. The Labute approximate surface area is 142 Å². The summed E-state index contributed by atoms with van der Waals surface area (Å²) in [7, 11) is 0. The first kappa shape index (κ1) is 16.1. The maximum atomic E-state index is 12.3. The first-order valence-electron chi connectivity index (χ1n) is 8.41. The Hall–Kier alpha value is -1.73. The van der Waals surface area contributed by atoms with E-state index in [0.717, 1.165) is 18.5 Å². The summed E-state index contributed by atoms with van der Waals surface area (Å²) in [5, 5.41) is 14.9. The topological polar surface area (TPSA) is 64.9 Å². The van der Waals surface area contributed by atoms with Gasteiger partial charge in [0, 0.05) is 22.7 Å². The third kappa shape index (κ3) is 3.97. The fraction of sp³-hybridized carbons (Fsp3) is 0.556. The molecule has 4 nitrogen and oxygen atoms in total. The number of nitrogens with zero attached hydrogens (tertiary/aromatic N) is 1. The number of amides is 1. The van der Waals surface area contributed by atoms with Gasteiger partial charge in [0.15, 0.2) is 6.19 Å². The monoisotopic (exact) mass is 331 g/mol. The normalized spacial score (nSPS) is 24.3. The van der Waals surface area contributed by atoms with Gasteiger partial charge < -0.3 is 10.6 Å². The third-order valence-corrected chi connectivity index (χ3v) is 5.26. The number of rotatable bonds is 4. The molecule has 2 saturated carbocycles. The van der Waals surface area contributed by atoms with Gasteiger partial charge in [-0.3, -0.25) is 4.79 Å². The fourth-order valence-corrected chi connectivity index (χ4v) is 3.89. The lowest BCUT2D eigenvalue weighted by molar-refractivity contribution is -0.122. The number of hydrogen-bond donors (Lipinski definition) is 2. The van der Waals surface area contributed by atoms with E-state index in [9.17, 15) is 4.79 Å². The van der Waals surface area contributed by atoms with Gasteiger partial charge in [0.1, 0.15) is 0 Å². The molecule has 1 amide bonds. The van der Waals surface area contributed by atoms with Crippen molar-refractivity contribution in [2.75, 3.05) is 5.32 Å². The molecule has 0 bridgehead atoms. The molecule has 0 heterocycles. The molecule has 0 radical (unpaired) electrons. The Morgan fingerprint density at radius 2 is 1.91 bits per heavy atom. The SMILES string of the molecule is N#CN[C@H]1C[C@H](C(=O)Nc2cc(Cl)cc(C3CCCCC3)c2)C1. The number of hydrogen-bond acceptors (Lipinski definition) is 3. The molecule has 2 aliphatic carbocycles. The van der Waals surface area contributed by atoms with Gasteiger partial charge in [0.05, 0.1) is 0 Å². The summed E-state index contributed by atoms with van der Waals surface area (Å²) < 4.78 is 0. The van der Waals surface area contributed by atoms with E-state index in [1.54, 1.807) is 0 Å². The molecule has 23 heavy (non-hydrogen) atoms. The highest BCUT2D eigenvalue weighted by Gasteiger charge is 2.34. The van der Waals surface area contributed by atoms with Crippen LogP contribution in [0.2, 0.25) is 5.02 Å². The van der Waals surface area contributed by atoms with Gasteiger partial charge in [-0.1, -0.05) is 30.9 Å². The van der Waals surface area contributed by atoms with E-state index in [-0.39, 0.29) is 17.9 Å². The highest BCUT2D eigenvalue weighted by molar-refractivity contribution is 6.31. The minimum atomic E-state index is -0.0158.